The molecule has 1 aromatic carbocycles. The monoisotopic (exact) mass is 400 g/mol. The molecule has 0 aliphatic rings. The van der Waals surface area contributed by atoms with E-state index in [1.54, 1.807) is 43.5 Å². The Balaban J connectivity index is 2.15. The van der Waals surface area contributed by atoms with Crippen LogP contribution in [0.5, 0.6) is 11.5 Å². The number of nitro benzene ring substituents is 1. The maximum Gasteiger partial charge on any atom is 0.312 e. The van der Waals surface area contributed by atoms with E-state index in [0.29, 0.717) is 34.1 Å². The molecule has 0 bridgehead atoms. The first-order chi connectivity index (χ1) is 14.5. The average molecular weight is 400 g/mol. The number of allylic oxidation sites excluding steroid dienone is 1. The normalized spacial score (nSPS) is 11.1. The van der Waals surface area contributed by atoms with E-state index in [0.717, 1.165) is 0 Å². The van der Waals surface area contributed by atoms with E-state index in [-0.39, 0.29) is 11.4 Å². The molecule has 0 aliphatic carbocycles. The van der Waals surface area contributed by atoms with Gasteiger partial charge < -0.3 is 10.1 Å². The van der Waals surface area contributed by atoms with Gasteiger partial charge in [-0.2, -0.15) is 5.26 Å². The van der Waals surface area contributed by atoms with Crippen LogP contribution in [-0.4, -0.2) is 21.6 Å². The Kier molecular flexibility index (Phi) is 6.10. The molecule has 0 saturated heterocycles. The number of ether oxygens (including phenoxy) is 1. The highest BCUT2D eigenvalue weighted by molar-refractivity contribution is 5.87. The largest absolute Gasteiger partial charge is 0.450 e. The molecular formula is C21H16N6O3. The molecule has 0 amide bonds. The van der Waals surface area contributed by atoms with E-state index in [4.69, 9.17) is 4.74 Å². The van der Waals surface area contributed by atoms with Crippen LogP contribution in [0.4, 0.5) is 17.2 Å². The third kappa shape index (κ3) is 4.45. The smallest absolute Gasteiger partial charge is 0.312 e. The lowest BCUT2D eigenvalue weighted by Crippen LogP contribution is -2.05. The van der Waals surface area contributed by atoms with Gasteiger partial charge in [-0.3, -0.25) is 20.1 Å². The molecule has 9 heteroatoms. The van der Waals surface area contributed by atoms with E-state index >= 15 is 0 Å². The van der Waals surface area contributed by atoms with Crippen molar-refractivity contribution < 1.29 is 9.66 Å². The zero-order valence-corrected chi connectivity index (χ0v) is 15.9. The Morgan fingerprint density at radius 1 is 1.27 bits per heavy atom. The van der Waals surface area contributed by atoms with Crippen LogP contribution in [0.2, 0.25) is 0 Å². The van der Waals surface area contributed by atoms with Gasteiger partial charge in [0.1, 0.15) is 11.6 Å². The fourth-order valence-electron chi connectivity index (χ4n) is 2.63. The molecule has 30 heavy (non-hydrogen) atoms. The van der Waals surface area contributed by atoms with Gasteiger partial charge in [-0.25, -0.2) is 4.98 Å². The van der Waals surface area contributed by atoms with Crippen LogP contribution in [0.3, 0.4) is 0 Å². The minimum atomic E-state index is -0.563. The quantitative estimate of drug-likeness (QED) is 0.259. The molecule has 2 heterocycles. The summed E-state index contributed by atoms with van der Waals surface area (Å²) in [4.78, 5) is 23.2. The molecule has 3 aromatic rings. The Labute approximate surface area is 172 Å². The van der Waals surface area contributed by atoms with Gasteiger partial charge in [0.15, 0.2) is 0 Å². The summed E-state index contributed by atoms with van der Waals surface area (Å²) in [6.45, 7) is 5.14. The number of nitro groups is 1. The number of benzene rings is 1. The molecule has 0 unspecified atom stereocenters. The molecule has 0 spiro atoms. The van der Waals surface area contributed by atoms with Gasteiger partial charge in [-0.1, -0.05) is 6.07 Å². The zero-order valence-electron chi connectivity index (χ0n) is 15.9. The van der Waals surface area contributed by atoms with Crippen LogP contribution in [0, 0.1) is 21.4 Å². The first kappa shape index (κ1) is 20.2. The molecule has 3 rings (SSSR count). The highest BCUT2D eigenvalue weighted by Crippen LogP contribution is 2.40. The average Bonchev–Trinajstić information content (AvgIpc) is 2.78. The molecule has 0 aliphatic heterocycles. The molecule has 0 fully saturated rings. The number of pyridine rings is 2. The van der Waals surface area contributed by atoms with Gasteiger partial charge in [0.05, 0.1) is 28.0 Å². The number of nitriles is 1. The lowest BCUT2D eigenvalue weighted by molar-refractivity contribution is -0.385. The van der Waals surface area contributed by atoms with Crippen molar-refractivity contribution in [1.29, 1.82) is 5.26 Å². The van der Waals surface area contributed by atoms with Crippen LogP contribution in [0.1, 0.15) is 12.5 Å². The molecule has 0 saturated carbocycles. The fourth-order valence-corrected chi connectivity index (χ4v) is 2.63. The highest BCUT2D eigenvalue weighted by Gasteiger charge is 2.23. The maximum atomic E-state index is 11.7. The number of nitrogens with one attached hydrogen (secondary N) is 1. The van der Waals surface area contributed by atoms with Crippen molar-refractivity contribution in [3.8, 4) is 17.6 Å². The summed E-state index contributed by atoms with van der Waals surface area (Å²) >= 11 is 0. The maximum absolute atomic E-state index is 11.7. The minimum Gasteiger partial charge on any atom is -0.450 e. The Morgan fingerprint density at radius 3 is 2.63 bits per heavy atom. The van der Waals surface area contributed by atoms with E-state index in [9.17, 15) is 15.4 Å². The lowest BCUT2D eigenvalue weighted by Gasteiger charge is -2.15. The SMILES string of the molecule is C=Nc1cc(Oc2ccncc2)c([N+](=O)[O-])cc1/C(Nc1ccccn1)=C(\C)C#N. The van der Waals surface area contributed by atoms with E-state index in [2.05, 4.69) is 33.1 Å². The topological polar surface area (TPSA) is 126 Å². The molecule has 2 aromatic heterocycles. The molecule has 148 valence electrons. The summed E-state index contributed by atoms with van der Waals surface area (Å²) in [7, 11) is 0. The Bertz CT molecular complexity index is 1150. The third-order valence-electron chi connectivity index (χ3n) is 4.05. The predicted molar refractivity (Wildman–Crippen MR) is 113 cm³/mol. The van der Waals surface area contributed by atoms with Crippen molar-refractivity contribution in [2.24, 2.45) is 4.99 Å². The number of aromatic nitrogens is 2. The number of anilines is 1. The second kappa shape index (κ2) is 9.07. The van der Waals surface area contributed by atoms with Crippen molar-refractivity contribution >= 4 is 29.6 Å². The second-order valence-corrected chi connectivity index (χ2v) is 5.99. The molecular weight excluding hydrogens is 384 g/mol. The second-order valence-electron chi connectivity index (χ2n) is 5.99. The van der Waals surface area contributed by atoms with Gasteiger partial charge in [-0.05, 0) is 37.9 Å². The standard InChI is InChI=1S/C21H16N6O3/c1-14(13-22)21(26-20-5-3-4-8-25-20)16-11-18(27(28)29)19(12-17(16)23-2)30-15-6-9-24-10-7-15/h3-12H,2H2,1H3,(H,25,26)/b21-14-. The van der Waals surface area contributed by atoms with Crippen LogP contribution in [0.25, 0.3) is 5.70 Å². The Hall–Kier alpha value is -4.58. The minimum absolute atomic E-state index is 0.0100. The van der Waals surface area contributed by atoms with Crippen LogP contribution in [0.15, 0.2) is 71.6 Å². The first-order valence-electron chi connectivity index (χ1n) is 8.70. The summed E-state index contributed by atoms with van der Waals surface area (Å²) in [5.74, 6) is 0.840. The summed E-state index contributed by atoms with van der Waals surface area (Å²) in [5, 5.41) is 24.2. The van der Waals surface area contributed by atoms with Crippen molar-refractivity contribution in [3.63, 3.8) is 0 Å². The summed E-state index contributed by atoms with van der Waals surface area (Å²) < 4.78 is 5.67. The Morgan fingerprint density at radius 2 is 2.03 bits per heavy atom. The molecule has 9 nitrogen and oxygen atoms in total. The third-order valence-corrected chi connectivity index (χ3v) is 4.05. The number of nitrogens with zero attached hydrogens (tertiary/aromatic N) is 5. The molecule has 1 N–H and O–H groups in total. The first-order valence-corrected chi connectivity index (χ1v) is 8.70. The number of hydrogen-bond acceptors (Lipinski definition) is 8. The fraction of sp³-hybridized carbons (Fsp3) is 0.0476. The van der Waals surface area contributed by atoms with Gasteiger partial charge in [-0.15, -0.1) is 0 Å². The molecule has 0 radical (unpaired) electrons. The summed E-state index contributed by atoms with van der Waals surface area (Å²) in [6.07, 6.45) is 4.61. The molecule has 0 atom stereocenters. The number of rotatable bonds is 7. The summed E-state index contributed by atoms with van der Waals surface area (Å²) in [5.41, 5.74) is 0.959. The van der Waals surface area contributed by atoms with Crippen molar-refractivity contribution in [2.45, 2.75) is 6.92 Å². The number of hydrogen-bond donors (Lipinski definition) is 1. The summed E-state index contributed by atoms with van der Waals surface area (Å²) in [6, 6.07) is 13.1. The zero-order chi connectivity index (χ0) is 21.5. The van der Waals surface area contributed by atoms with Gasteiger partial charge >= 0.3 is 5.69 Å². The van der Waals surface area contributed by atoms with Gasteiger partial charge in [0, 0.05) is 36.3 Å². The number of aliphatic imine (C=N–C) groups is 1. The van der Waals surface area contributed by atoms with Gasteiger partial charge in [0.2, 0.25) is 5.75 Å². The predicted octanol–water partition coefficient (Wildman–Crippen LogP) is 4.88. The van der Waals surface area contributed by atoms with Crippen LogP contribution < -0.4 is 10.1 Å². The highest BCUT2D eigenvalue weighted by atomic mass is 16.6. The van der Waals surface area contributed by atoms with Crippen LogP contribution >= 0.6 is 0 Å². The lowest BCUT2D eigenvalue weighted by atomic mass is 10.0. The van der Waals surface area contributed by atoms with Crippen LogP contribution in [-0.2, 0) is 0 Å². The van der Waals surface area contributed by atoms with E-state index in [1.165, 1.54) is 24.5 Å². The van der Waals surface area contributed by atoms with E-state index in [1.807, 2.05) is 0 Å². The van der Waals surface area contributed by atoms with Crippen molar-refractivity contribution in [3.05, 3.63) is 82.3 Å². The van der Waals surface area contributed by atoms with Crippen molar-refractivity contribution in [2.75, 3.05) is 5.32 Å². The van der Waals surface area contributed by atoms with Crippen molar-refractivity contribution in [1.82, 2.24) is 9.97 Å². The van der Waals surface area contributed by atoms with E-state index < -0.39 is 4.92 Å². The van der Waals surface area contributed by atoms with Gasteiger partial charge in [0.25, 0.3) is 0 Å².